The number of aryl methyl sites for hydroxylation is 2. The number of anilines is 1. The minimum Gasteiger partial charge on any atom is -0.324 e. The van der Waals surface area contributed by atoms with Crippen LogP contribution >= 0.6 is 0 Å². The second-order valence-corrected chi connectivity index (χ2v) is 8.96. The summed E-state index contributed by atoms with van der Waals surface area (Å²) in [7, 11) is 0. The van der Waals surface area contributed by atoms with E-state index in [2.05, 4.69) is 27.0 Å². The molecule has 0 spiro atoms. The van der Waals surface area contributed by atoms with E-state index >= 15 is 0 Å². The SMILES string of the molecule is Cc1cc(C)cc(-c2cn(CC(=O)Nc3cccc4c3CN(C3CCC(=O)NC3=O)C4=O)nn2)c1. The Morgan fingerprint density at radius 2 is 1.91 bits per heavy atom. The Labute approximate surface area is 201 Å². The molecule has 2 aromatic carbocycles. The maximum Gasteiger partial charge on any atom is 0.255 e. The maximum absolute atomic E-state index is 13.0. The lowest BCUT2D eigenvalue weighted by atomic mass is 10.0. The molecule has 0 radical (unpaired) electrons. The molecule has 10 heteroatoms. The number of nitrogens with one attached hydrogen (secondary N) is 2. The first-order chi connectivity index (χ1) is 16.8. The number of carbonyl (C=O) groups excluding carboxylic acids is 4. The van der Waals surface area contributed by atoms with E-state index in [1.165, 1.54) is 9.58 Å². The summed E-state index contributed by atoms with van der Waals surface area (Å²) < 4.78 is 1.46. The van der Waals surface area contributed by atoms with Crippen LogP contribution < -0.4 is 10.6 Å². The fraction of sp³-hybridized carbons (Fsp3) is 0.280. The molecule has 2 N–H and O–H groups in total. The largest absolute Gasteiger partial charge is 0.324 e. The average Bonchev–Trinajstić information content (AvgIpc) is 3.39. The number of benzene rings is 2. The highest BCUT2D eigenvalue weighted by atomic mass is 16.2. The molecule has 0 bridgehead atoms. The van der Waals surface area contributed by atoms with E-state index in [1.807, 2.05) is 26.0 Å². The summed E-state index contributed by atoms with van der Waals surface area (Å²) in [6.07, 6.45) is 2.18. The van der Waals surface area contributed by atoms with Crippen molar-refractivity contribution in [2.75, 3.05) is 5.32 Å². The molecular formula is C25H24N6O4. The summed E-state index contributed by atoms with van der Waals surface area (Å²) in [4.78, 5) is 51.0. The minimum absolute atomic E-state index is 0.0493. The van der Waals surface area contributed by atoms with E-state index in [1.54, 1.807) is 24.4 Å². The average molecular weight is 473 g/mol. The van der Waals surface area contributed by atoms with Gasteiger partial charge in [0.15, 0.2) is 0 Å². The number of imide groups is 1. The Hall–Kier alpha value is -4.34. The number of hydrogen-bond donors (Lipinski definition) is 2. The topological polar surface area (TPSA) is 126 Å². The summed E-state index contributed by atoms with van der Waals surface area (Å²) in [6.45, 7) is 4.15. The van der Waals surface area contributed by atoms with Gasteiger partial charge in [0.1, 0.15) is 18.3 Å². The van der Waals surface area contributed by atoms with Crippen LogP contribution in [0.4, 0.5) is 5.69 Å². The minimum atomic E-state index is -0.713. The monoisotopic (exact) mass is 472 g/mol. The molecule has 5 rings (SSSR count). The molecule has 4 amide bonds. The molecule has 0 saturated carbocycles. The van der Waals surface area contributed by atoms with E-state index in [-0.39, 0.29) is 43.7 Å². The second-order valence-electron chi connectivity index (χ2n) is 8.96. The van der Waals surface area contributed by atoms with Crippen LogP contribution in [0.5, 0.6) is 0 Å². The molecule has 2 aliphatic heterocycles. The van der Waals surface area contributed by atoms with E-state index < -0.39 is 11.9 Å². The summed E-state index contributed by atoms with van der Waals surface area (Å²) in [5.41, 5.74) is 5.43. The van der Waals surface area contributed by atoms with Crippen molar-refractivity contribution in [1.29, 1.82) is 0 Å². The highest BCUT2D eigenvalue weighted by Crippen LogP contribution is 2.32. The van der Waals surface area contributed by atoms with E-state index in [4.69, 9.17) is 0 Å². The third-order valence-electron chi connectivity index (χ3n) is 6.22. The number of piperidine rings is 1. The normalized spacial score (nSPS) is 17.4. The number of fused-ring (bicyclic) bond motifs is 1. The van der Waals surface area contributed by atoms with Crippen molar-refractivity contribution in [3.63, 3.8) is 0 Å². The Morgan fingerprint density at radius 3 is 2.66 bits per heavy atom. The lowest BCUT2D eigenvalue weighted by Crippen LogP contribution is -2.52. The van der Waals surface area contributed by atoms with Crippen LogP contribution in [0.25, 0.3) is 11.3 Å². The third-order valence-corrected chi connectivity index (χ3v) is 6.22. The van der Waals surface area contributed by atoms with Crippen molar-refractivity contribution >= 4 is 29.3 Å². The van der Waals surface area contributed by atoms with Gasteiger partial charge in [-0.25, -0.2) is 4.68 Å². The van der Waals surface area contributed by atoms with Gasteiger partial charge in [0, 0.05) is 35.3 Å². The number of carbonyl (C=O) groups is 4. The summed E-state index contributed by atoms with van der Waals surface area (Å²) in [5.74, 6) is -1.42. The molecule has 1 saturated heterocycles. The zero-order chi connectivity index (χ0) is 24.7. The first kappa shape index (κ1) is 22.5. The Kier molecular flexibility index (Phi) is 5.64. The quantitative estimate of drug-likeness (QED) is 0.547. The van der Waals surface area contributed by atoms with Gasteiger partial charge in [-0.05, 0) is 44.5 Å². The molecule has 1 unspecified atom stereocenters. The Balaban J connectivity index is 1.29. The van der Waals surface area contributed by atoms with Crippen LogP contribution in [0.2, 0.25) is 0 Å². The highest BCUT2D eigenvalue weighted by molar-refractivity contribution is 6.06. The van der Waals surface area contributed by atoms with Crippen molar-refractivity contribution in [1.82, 2.24) is 25.2 Å². The number of rotatable bonds is 5. The number of aromatic nitrogens is 3. The molecule has 178 valence electrons. The van der Waals surface area contributed by atoms with Crippen molar-refractivity contribution < 1.29 is 19.2 Å². The maximum atomic E-state index is 13.0. The van der Waals surface area contributed by atoms with E-state index in [0.29, 0.717) is 22.5 Å². The fourth-order valence-electron chi connectivity index (χ4n) is 4.67. The second kappa shape index (κ2) is 8.79. The number of nitrogens with zero attached hydrogens (tertiary/aromatic N) is 4. The van der Waals surface area contributed by atoms with Crippen molar-refractivity contribution in [3.8, 4) is 11.3 Å². The van der Waals surface area contributed by atoms with Crippen molar-refractivity contribution in [3.05, 3.63) is 64.8 Å². The van der Waals surface area contributed by atoms with Crippen LogP contribution in [0, 0.1) is 13.8 Å². The van der Waals surface area contributed by atoms with Crippen LogP contribution in [-0.4, -0.2) is 49.6 Å². The molecule has 10 nitrogen and oxygen atoms in total. The van der Waals surface area contributed by atoms with Gasteiger partial charge in [0.25, 0.3) is 5.91 Å². The van der Waals surface area contributed by atoms with Gasteiger partial charge in [0.2, 0.25) is 17.7 Å². The van der Waals surface area contributed by atoms with Crippen LogP contribution in [0.1, 0.15) is 39.9 Å². The van der Waals surface area contributed by atoms with Gasteiger partial charge in [-0.3, -0.25) is 24.5 Å². The Bertz CT molecular complexity index is 1360. The van der Waals surface area contributed by atoms with Crippen LogP contribution in [-0.2, 0) is 27.5 Å². The third kappa shape index (κ3) is 4.42. The van der Waals surface area contributed by atoms with Gasteiger partial charge >= 0.3 is 0 Å². The molecule has 3 heterocycles. The van der Waals surface area contributed by atoms with Crippen molar-refractivity contribution in [2.24, 2.45) is 0 Å². The predicted octanol–water partition coefficient (Wildman–Crippen LogP) is 1.96. The zero-order valence-electron chi connectivity index (χ0n) is 19.4. The summed E-state index contributed by atoms with van der Waals surface area (Å²) in [5, 5.41) is 13.4. The first-order valence-electron chi connectivity index (χ1n) is 11.3. The molecule has 35 heavy (non-hydrogen) atoms. The fourth-order valence-corrected chi connectivity index (χ4v) is 4.67. The van der Waals surface area contributed by atoms with Gasteiger partial charge in [-0.2, -0.15) is 0 Å². The predicted molar refractivity (Wildman–Crippen MR) is 126 cm³/mol. The van der Waals surface area contributed by atoms with Gasteiger partial charge in [-0.1, -0.05) is 28.5 Å². The zero-order valence-corrected chi connectivity index (χ0v) is 19.4. The number of hydrogen-bond acceptors (Lipinski definition) is 6. The van der Waals surface area contributed by atoms with Gasteiger partial charge in [-0.15, -0.1) is 5.10 Å². The van der Waals surface area contributed by atoms with Gasteiger partial charge < -0.3 is 10.2 Å². The van der Waals surface area contributed by atoms with Crippen LogP contribution in [0.3, 0.4) is 0 Å². The first-order valence-corrected chi connectivity index (χ1v) is 11.3. The molecule has 1 fully saturated rings. The van der Waals surface area contributed by atoms with E-state index in [0.717, 1.165) is 16.7 Å². The molecule has 0 aliphatic carbocycles. The number of amides is 4. The summed E-state index contributed by atoms with van der Waals surface area (Å²) in [6, 6.07) is 10.5. The standard InChI is InChI=1S/C25H24N6O4/c1-14-8-15(2)10-16(9-14)20-12-30(29-28-20)13-23(33)26-19-5-3-4-17-18(19)11-31(25(17)35)21-6-7-22(32)27-24(21)34/h3-5,8-10,12,21H,6-7,11,13H2,1-2H3,(H,26,33)(H,27,32,34). The lowest BCUT2D eigenvalue weighted by molar-refractivity contribution is -0.137. The smallest absolute Gasteiger partial charge is 0.255 e. The molecule has 2 aliphatic rings. The molecule has 3 aromatic rings. The molecular weight excluding hydrogens is 448 g/mol. The lowest BCUT2D eigenvalue weighted by Gasteiger charge is -2.29. The Morgan fingerprint density at radius 1 is 1.14 bits per heavy atom. The molecule has 1 aromatic heterocycles. The van der Waals surface area contributed by atoms with Crippen LogP contribution in [0.15, 0.2) is 42.6 Å². The molecule has 1 atom stereocenters. The summed E-state index contributed by atoms with van der Waals surface area (Å²) >= 11 is 0. The van der Waals surface area contributed by atoms with Gasteiger partial charge in [0.05, 0.1) is 6.20 Å². The highest BCUT2D eigenvalue weighted by Gasteiger charge is 2.39. The van der Waals surface area contributed by atoms with Crippen molar-refractivity contribution in [2.45, 2.75) is 45.8 Å². The van der Waals surface area contributed by atoms with E-state index in [9.17, 15) is 19.2 Å².